The Balaban J connectivity index is 2.42. The van der Waals surface area contributed by atoms with Crippen LogP contribution in [0.1, 0.15) is 40.2 Å². The van der Waals surface area contributed by atoms with E-state index in [9.17, 15) is 14.0 Å². The van der Waals surface area contributed by atoms with Crippen LogP contribution in [-0.2, 0) is 16.1 Å². The normalized spacial score (nSPS) is 19.0. The van der Waals surface area contributed by atoms with E-state index in [1.165, 1.54) is 12.1 Å². The molecule has 1 aliphatic rings. The molecule has 6 nitrogen and oxygen atoms in total. The fraction of sp³-hybridized carbons (Fsp3) is 0.556. The first kappa shape index (κ1) is 19.0. The number of nitrogens with two attached hydrogens (primary N) is 1. The van der Waals surface area contributed by atoms with Gasteiger partial charge in [0.1, 0.15) is 17.5 Å². The highest BCUT2D eigenvalue weighted by Crippen LogP contribution is 2.30. The van der Waals surface area contributed by atoms with E-state index in [0.29, 0.717) is 12.2 Å². The molecule has 0 aromatic heterocycles. The molecule has 2 N–H and O–H groups in total. The molecule has 1 aliphatic heterocycles. The van der Waals surface area contributed by atoms with Crippen LogP contribution in [-0.4, -0.2) is 41.1 Å². The van der Waals surface area contributed by atoms with Crippen LogP contribution < -0.4 is 10.6 Å². The summed E-state index contributed by atoms with van der Waals surface area (Å²) in [7, 11) is 0. The van der Waals surface area contributed by atoms with Gasteiger partial charge in [-0.05, 0) is 52.3 Å². The molecule has 0 bridgehead atoms. The standard InChI is InChI=1S/C18H26FN3O3/c1-11-9-22(12(2)16(20)23)15-8-14(19)7-6-13(15)10-21(11)17(24)25-18(3,4)5/h6-8,11-12H,9-10H2,1-5H3,(H2,20,23). The van der Waals surface area contributed by atoms with E-state index in [2.05, 4.69) is 0 Å². The van der Waals surface area contributed by atoms with Crippen molar-refractivity contribution in [3.8, 4) is 0 Å². The minimum Gasteiger partial charge on any atom is -0.444 e. The molecule has 0 spiro atoms. The van der Waals surface area contributed by atoms with Crippen molar-refractivity contribution in [3.05, 3.63) is 29.6 Å². The SMILES string of the molecule is CC1CN(C(C)C(N)=O)c2cc(F)ccc2CN1C(=O)OC(C)(C)C. The number of benzene rings is 1. The fourth-order valence-electron chi connectivity index (χ4n) is 2.84. The highest BCUT2D eigenvalue weighted by molar-refractivity contribution is 5.84. The number of nitrogens with zero attached hydrogens (tertiary/aromatic N) is 2. The van der Waals surface area contributed by atoms with Crippen molar-refractivity contribution in [3.63, 3.8) is 0 Å². The number of ether oxygens (including phenoxy) is 1. The van der Waals surface area contributed by atoms with Crippen molar-refractivity contribution in [2.45, 2.75) is 58.8 Å². The van der Waals surface area contributed by atoms with Gasteiger partial charge in [-0.3, -0.25) is 9.69 Å². The van der Waals surface area contributed by atoms with Crippen LogP contribution in [0.25, 0.3) is 0 Å². The molecule has 1 aromatic carbocycles. The van der Waals surface area contributed by atoms with Gasteiger partial charge in [0.25, 0.3) is 0 Å². The third-order valence-electron chi connectivity index (χ3n) is 4.20. The predicted octanol–water partition coefficient (Wildman–Crippen LogP) is 2.65. The molecule has 0 fully saturated rings. The molecule has 25 heavy (non-hydrogen) atoms. The van der Waals surface area contributed by atoms with Crippen LogP contribution in [0.5, 0.6) is 0 Å². The Hall–Kier alpha value is -2.31. The molecule has 2 atom stereocenters. The molecule has 2 rings (SSSR count). The monoisotopic (exact) mass is 351 g/mol. The van der Waals surface area contributed by atoms with Crippen LogP contribution in [0, 0.1) is 5.82 Å². The number of halogens is 1. The highest BCUT2D eigenvalue weighted by atomic mass is 19.1. The van der Waals surface area contributed by atoms with Gasteiger partial charge in [-0.2, -0.15) is 0 Å². The molecule has 138 valence electrons. The third-order valence-corrected chi connectivity index (χ3v) is 4.20. The van der Waals surface area contributed by atoms with Crippen molar-refractivity contribution in [2.24, 2.45) is 5.73 Å². The third kappa shape index (κ3) is 4.41. The second-order valence-corrected chi connectivity index (χ2v) is 7.46. The molecule has 0 aliphatic carbocycles. The maximum absolute atomic E-state index is 13.8. The fourth-order valence-corrected chi connectivity index (χ4v) is 2.84. The first-order valence-electron chi connectivity index (χ1n) is 8.33. The summed E-state index contributed by atoms with van der Waals surface area (Å²) < 4.78 is 19.3. The summed E-state index contributed by atoms with van der Waals surface area (Å²) in [5.74, 6) is -0.910. The predicted molar refractivity (Wildman–Crippen MR) is 93.6 cm³/mol. The van der Waals surface area contributed by atoms with Crippen molar-refractivity contribution in [1.82, 2.24) is 4.90 Å². The van der Waals surface area contributed by atoms with E-state index in [-0.39, 0.29) is 12.6 Å². The van der Waals surface area contributed by atoms with E-state index in [1.54, 1.807) is 43.6 Å². The van der Waals surface area contributed by atoms with E-state index >= 15 is 0 Å². The van der Waals surface area contributed by atoms with Crippen molar-refractivity contribution in [2.75, 3.05) is 11.4 Å². The van der Waals surface area contributed by atoms with Crippen LogP contribution in [0.15, 0.2) is 18.2 Å². The number of carbonyl (C=O) groups is 2. The lowest BCUT2D eigenvalue weighted by Gasteiger charge is -2.33. The lowest BCUT2D eigenvalue weighted by atomic mass is 10.1. The zero-order chi connectivity index (χ0) is 18.9. The minimum atomic E-state index is -0.624. The van der Waals surface area contributed by atoms with E-state index in [0.717, 1.165) is 5.56 Å². The van der Waals surface area contributed by atoms with Gasteiger partial charge in [-0.15, -0.1) is 0 Å². The number of primary amides is 1. The Morgan fingerprint density at radius 2 is 2.00 bits per heavy atom. The number of carbonyl (C=O) groups excluding carboxylic acids is 2. The second kappa shape index (κ2) is 6.90. The zero-order valence-corrected chi connectivity index (χ0v) is 15.4. The summed E-state index contributed by atoms with van der Waals surface area (Å²) >= 11 is 0. The van der Waals surface area contributed by atoms with Gasteiger partial charge in [0.2, 0.25) is 5.91 Å². The van der Waals surface area contributed by atoms with Gasteiger partial charge in [0.05, 0.1) is 12.6 Å². The molecular weight excluding hydrogens is 325 g/mol. The van der Waals surface area contributed by atoms with Gasteiger partial charge < -0.3 is 15.4 Å². The Morgan fingerprint density at radius 1 is 1.36 bits per heavy atom. The zero-order valence-electron chi connectivity index (χ0n) is 15.4. The number of anilines is 1. The Labute approximate surface area is 147 Å². The lowest BCUT2D eigenvalue weighted by molar-refractivity contribution is -0.119. The Bertz CT molecular complexity index is 672. The molecule has 0 saturated carbocycles. The van der Waals surface area contributed by atoms with Gasteiger partial charge >= 0.3 is 6.09 Å². The topological polar surface area (TPSA) is 75.9 Å². The quantitative estimate of drug-likeness (QED) is 0.889. The molecule has 0 radical (unpaired) electrons. The van der Waals surface area contributed by atoms with Crippen molar-refractivity contribution in [1.29, 1.82) is 0 Å². The van der Waals surface area contributed by atoms with Crippen LogP contribution in [0.3, 0.4) is 0 Å². The van der Waals surface area contributed by atoms with Crippen molar-refractivity contribution < 1.29 is 18.7 Å². The van der Waals surface area contributed by atoms with Gasteiger partial charge in [-0.25, -0.2) is 9.18 Å². The minimum absolute atomic E-state index is 0.243. The van der Waals surface area contributed by atoms with E-state index in [1.807, 2.05) is 6.92 Å². The lowest BCUT2D eigenvalue weighted by Crippen LogP contribution is -2.49. The smallest absolute Gasteiger partial charge is 0.410 e. The summed E-state index contributed by atoms with van der Waals surface area (Å²) in [6.07, 6.45) is -0.441. The summed E-state index contributed by atoms with van der Waals surface area (Å²) in [5, 5.41) is 0. The molecule has 1 aromatic rings. The van der Waals surface area contributed by atoms with E-state index < -0.39 is 29.5 Å². The Morgan fingerprint density at radius 3 is 2.56 bits per heavy atom. The Kier molecular flexibility index (Phi) is 5.25. The maximum Gasteiger partial charge on any atom is 0.410 e. The van der Waals surface area contributed by atoms with Gasteiger partial charge in [0.15, 0.2) is 0 Å². The molecule has 2 amide bonds. The second-order valence-electron chi connectivity index (χ2n) is 7.46. The highest BCUT2D eigenvalue weighted by Gasteiger charge is 2.34. The number of rotatable bonds is 2. The summed E-state index contributed by atoms with van der Waals surface area (Å²) in [6.45, 7) is 9.57. The molecule has 7 heteroatoms. The molecule has 1 heterocycles. The summed E-state index contributed by atoms with van der Waals surface area (Å²) in [4.78, 5) is 27.6. The van der Waals surface area contributed by atoms with Crippen LogP contribution in [0.2, 0.25) is 0 Å². The number of fused-ring (bicyclic) bond motifs is 1. The van der Waals surface area contributed by atoms with Gasteiger partial charge in [0, 0.05) is 12.2 Å². The van der Waals surface area contributed by atoms with E-state index in [4.69, 9.17) is 10.5 Å². The van der Waals surface area contributed by atoms with Crippen LogP contribution in [0.4, 0.5) is 14.9 Å². The van der Waals surface area contributed by atoms with Crippen molar-refractivity contribution >= 4 is 17.7 Å². The average molecular weight is 351 g/mol. The number of hydrogen-bond acceptors (Lipinski definition) is 4. The maximum atomic E-state index is 13.8. The largest absolute Gasteiger partial charge is 0.444 e. The summed E-state index contributed by atoms with van der Waals surface area (Å²) in [5.41, 5.74) is 6.15. The first-order valence-corrected chi connectivity index (χ1v) is 8.33. The molecular formula is C18H26FN3O3. The molecule has 2 unspecified atom stereocenters. The number of hydrogen-bond donors (Lipinski definition) is 1. The average Bonchev–Trinajstić information content (AvgIpc) is 2.61. The molecule has 0 saturated heterocycles. The first-order chi connectivity index (χ1) is 11.5. The number of amides is 2. The van der Waals surface area contributed by atoms with Crippen LogP contribution >= 0.6 is 0 Å². The van der Waals surface area contributed by atoms with Gasteiger partial charge in [-0.1, -0.05) is 6.07 Å². The summed E-state index contributed by atoms with van der Waals surface area (Å²) in [6, 6.07) is 3.48.